The van der Waals surface area contributed by atoms with Crippen molar-refractivity contribution in [3.05, 3.63) is 58.5 Å². The molecule has 0 unspecified atom stereocenters. The van der Waals surface area contributed by atoms with Gasteiger partial charge in [-0.2, -0.15) is 0 Å². The molecule has 7 heteroatoms. The molecule has 6 nitrogen and oxygen atoms in total. The van der Waals surface area contributed by atoms with Gasteiger partial charge in [-0.3, -0.25) is 4.79 Å². The number of rotatable bonds is 4. The second kappa shape index (κ2) is 7.98. The number of ether oxygens (including phenoxy) is 1. The standard InChI is InChI=1S/C21H22N4O2S/c1-15-18(16-4-6-17(27-2)7-5-16)14-19(28-15)20(26)24-10-12-25(13-11-24)21-22-8-3-9-23-21/h3-9,14H,10-13H2,1-2H3. The van der Waals surface area contributed by atoms with Crippen LogP contribution in [0, 0.1) is 6.92 Å². The molecule has 0 bridgehead atoms. The van der Waals surface area contributed by atoms with Crippen LogP contribution in [0.2, 0.25) is 0 Å². The lowest BCUT2D eigenvalue weighted by molar-refractivity contribution is 0.0751. The molecule has 2 aromatic heterocycles. The molecule has 1 fully saturated rings. The Kier molecular flexibility index (Phi) is 5.25. The van der Waals surface area contributed by atoms with E-state index in [1.807, 2.05) is 41.3 Å². The summed E-state index contributed by atoms with van der Waals surface area (Å²) in [7, 11) is 1.66. The van der Waals surface area contributed by atoms with Crippen molar-refractivity contribution in [2.75, 3.05) is 38.2 Å². The fraction of sp³-hybridized carbons (Fsp3) is 0.286. The van der Waals surface area contributed by atoms with Gasteiger partial charge in [0.25, 0.3) is 5.91 Å². The molecular weight excluding hydrogens is 372 g/mol. The lowest BCUT2D eigenvalue weighted by atomic mass is 10.1. The first-order valence-corrected chi connectivity index (χ1v) is 10.0. The molecule has 4 rings (SSSR count). The maximum Gasteiger partial charge on any atom is 0.264 e. The molecule has 0 saturated carbocycles. The number of methoxy groups -OCH3 is 1. The zero-order valence-corrected chi connectivity index (χ0v) is 16.8. The van der Waals surface area contributed by atoms with Crippen molar-refractivity contribution >= 4 is 23.2 Å². The number of anilines is 1. The van der Waals surface area contributed by atoms with Gasteiger partial charge >= 0.3 is 0 Å². The third kappa shape index (κ3) is 3.71. The van der Waals surface area contributed by atoms with Crippen molar-refractivity contribution < 1.29 is 9.53 Å². The highest BCUT2D eigenvalue weighted by Gasteiger charge is 2.25. The Morgan fingerprint density at radius 2 is 1.75 bits per heavy atom. The molecule has 1 saturated heterocycles. The van der Waals surface area contributed by atoms with Crippen molar-refractivity contribution in [3.63, 3.8) is 0 Å². The molecule has 3 heterocycles. The topological polar surface area (TPSA) is 58.6 Å². The van der Waals surface area contributed by atoms with Gasteiger partial charge in [0.05, 0.1) is 12.0 Å². The fourth-order valence-corrected chi connectivity index (χ4v) is 4.37. The summed E-state index contributed by atoms with van der Waals surface area (Å²) in [4.78, 5) is 27.6. The summed E-state index contributed by atoms with van der Waals surface area (Å²) in [6.45, 7) is 4.89. The van der Waals surface area contributed by atoms with E-state index < -0.39 is 0 Å². The zero-order valence-electron chi connectivity index (χ0n) is 16.0. The van der Waals surface area contributed by atoms with E-state index >= 15 is 0 Å². The molecule has 1 aromatic carbocycles. The van der Waals surface area contributed by atoms with E-state index in [0.717, 1.165) is 45.7 Å². The number of piperazine rings is 1. The quantitative estimate of drug-likeness (QED) is 0.678. The van der Waals surface area contributed by atoms with Crippen LogP contribution in [-0.2, 0) is 0 Å². The van der Waals surface area contributed by atoms with E-state index in [1.54, 1.807) is 30.8 Å². The molecule has 0 aliphatic carbocycles. The van der Waals surface area contributed by atoms with Gasteiger partial charge < -0.3 is 14.5 Å². The second-order valence-electron chi connectivity index (χ2n) is 6.64. The summed E-state index contributed by atoms with van der Waals surface area (Å²) in [5, 5.41) is 0. The van der Waals surface area contributed by atoms with Gasteiger partial charge in [0.1, 0.15) is 5.75 Å². The second-order valence-corrected chi connectivity index (χ2v) is 7.89. The van der Waals surface area contributed by atoms with Crippen molar-refractivity contribution in [2.45, 2.75) is 6.92 Å². The first kappa shape index (κ1) is 18.4. The molecule has 28 heavy (non-hydrogen) atoms. The van der Waals surface area contributed by atoms with Gasteiger partial charge in [-0.15, -0.1) is 11.3 Å². The van der Waals surface area contributed by atoms with Crippen LogP contribution in [0.5, 0.6) is 5.75 Å². The number of hydrogen-bond donors (Lipinski definition) is 0. The summed E-state index contributed by atoms with van der Waals surface area (Å²) >= 11 is 1.56. The maximum atomic E-state index is 13.0. The van der Waals surface area contributed by atoms with Crippen LogP contribution in [0.15, 0.2) is 48.8 Å². The minimum absolute atomic E-state index is 0.0986. The highest BCUT2D eigenvalue weighted by molar-refractivity contribution is 7.14. The van der Waals surface area contributed by atoms with Crippen molar-refractivity contribution in [1.82, 2.24) is 14.9 Å². The van der Waals surface area contributed by atoms with Crippen LogP contribution in [-0.4, -0.2) is 54.1 Å². The molecule has 0 N–H and O–H groups in total. The number of hydrogen-bond acceptors (Lipinski definition) is 6. The Hall–Kier alpha value is -2.93. The number of amides is 1. The fourth-order valence-electron chi connectivity index (χ4n) is 3.36. The molecule has 1 aliphatic rings. The minimum Gasteiger partial charge on any atom is -0.497 e. The first-order valence-electron chi connectivity index (χ1n) is 9.22. The summed E-state index contributed by atoms with van der Waals surface area (Å²) in [5.41, 5.74) is 2.20. The van der Waals surface area contributed by atoms with Crippen LogP contribution in [0.25, 0.3) is 11.1 Å². The number of carbonyl (C=O) groups excluding carboxylic acids is 1. The molecule has 144 valence electrons. The third-order valence-corrected chi connectivity index (χ3v) is 5.97. The van der Waals surface area contributed by atoms with Gasteiger partial charge in [0.2, 0.25) is 5.95 Å². The first-order chi connectivity index (χ1) is 13.7. The lowest BCUT2D eigenvalue weighted by Gasteiger charge is -2.34. The molecule has 3 aromatic rings. The normalized spacial score (nSPS) is 14.2. The molecule has 0 spiro atoms. The third-order valence-electron chi connectivity index (χ3n) is 4.93. The average Bonchev–Trinajstić information content (AvgIpc) is 3.15. The summed E-state index contributed by atoms with van der Waals surface area (Å²) < 4.78 is 5.23. The van der Waals surface area contributed by atoms with Crippen LogP contribution >= 0.6 is 11.3 Å². The number of aryl methyl sites for hydroxylation is 1. The van der Waals surface area contributed by atoms with Gasteiger partial charge in [-0.25, -0.2) is 9.97 Å². The Labute approximate surface area is 168 Å². The molecule has 1 aliphatic heterocycles. The van der Waals surface area contributed by atoms with Gasteiger partial charge in [0.15, 0.2) is 0 Å². The van der Waals surface area contributed by atoms with E-state index in [0.29, 0.717) is 13.1 Å². The molecular formula is C21H22N4O2S. The van der Waals surface area contributed by atoms with E-state index in [9.17, 15) is 4.79 Å². The van der Waals surface area contributed by atoms with E-state index in [2.05, 4.69) is 21.8 Å². The number of nitrogens with zero attached hydrogens (tertiary/aromatic N) is 4. The summed E-state index contributed by atoms with van der Waals surface area (Å²) in [5.74, 6) is 1.65. The maximum absolute atomic E-state index is 13.0. The van der Waals surface area contributed by atoms with Crippen LogP contribution in [0.1, 0.15) is 14.5 Å². The molecule has 1 amide bonds. The highest BCUT2D eigenvalue weighted by atomic mass is 32.1. The minimum atomic E-state index is 0.0986. The number of aromatic nitrogens is 2. The van der Waals surface area contributed by atoms with Crippen molar-refractivity contribution in [2.24, 2.45) is 0 Å². The van der Waals surface area contributed by atoms with Crippen molar-refractivity contribution in [1.29, 1.82) is 0 Å². The zero-order chi connectivity index (χ0) is 19.5. The number of carbonyl (C=O) groups is 1. The van der Waals surface area contributed by atoms with Crippen molar-refractivity contribution in [3.8, 4) is 16.9 Å². The van der Waals surface area contributed by atoms with Crippen LogP contribution in [0.4, 0.5) is 5.95 Å². The number of benzene rings is 1. The Bertz CT molecular complexity index is 948. The molecule has 0 atom stereocenters. The SMILES string of the molecule is COc1ccc(-c2cc(C(=O)N3CCN(c4ncccn4)CC3)sc2C)cc1. The smallest absolute Gasteiger partial charge is 0.264 e. The predicted octanol–water partition coefficient (Wildman–Crippen LogP) is 3.48. The summed E-state index contributed by atoms with van der Waals surface area (Å²) in [6.07, 6.45) is 3.49. The van der Waals surface area contributed by atoms with Gasteiger partial charge in [0, 0.05) is 43.4 Å². The Morgan fingerprint density at radius 3 is 2.39 bits per heavy atom. The highest BCUT2D eigenvalue weighted by Crippen LogP contribution is 2.32. The Morgan fingerprint density at radius 1 is 1.07 bits per heavy atom. The van der Waals surface area contributed by atoms with Crippen LogP contribution < -0.4 is 9.64 Å². The Balaban J connectivity index is 1.45. The van der Waals surface area contributed by atoms with Gasteiger partial charge in [-0.05, 0) is 42.3 Å². The monoisotopic (exact) mass is 394 g/mol. The van der Waals surface area contributed by atoms with Gasteiger partial charge in [-0.1, -0.05) is 12.1 Å². The van der Waals surface area contributed by atoms with Crippen LogP contribution in [0.3, 0.4) is 0 Å². The number of thiophene rings is 1. The largest absolute Gasteiger partial charge is 0.497 e. The predicted molar refractivity (Wildman–Crippen MR) is 111 cm³/mol. The van der Waals surface area contributed by atoms with E-state index in [1.165, 1.54) is 0 Å². The summed E-state index contributed by atoms with van der Waals surface area (Å²) in [6, 6.07) is 11.8. The molecule has 0 radical (unpaired) electrons. The van der Waals surface area contributed by atoms with E-state index in [-0.39, 0.29) is 5.91 Å². The lowest BCUT2D eigenvalue weighted by Crippen LogP contribution is -2.49. The average molecular weight is 395 g/mol. The van der Waals surface area contributed by atoms with E-state index in [4.69, 9.17) is 4.74 Å².